The molecule has 0 unspecified atom stereocenters. The van der Waals surface area contributed by atoms with E-state index in [1.165, 1.54) is 6.07 Å². The van der Waals surface area contributed by atoms with Crippen LogP contribution in [0, 0.1) is 6.92 Å². The Labute approximate surface area is 104 Å². The zero-order valence-corrected chi connectivity index (χ0v) is 9.81. The predicted molar refractivity (Wildman–Crippen MR) is 71.2 cm³/mol. The van der Waals surface area contributed by atoms with Crippen molar-refractivity contribution in [2.24, 2.45) is 0 Å². The number of aryl methyl sites for hydroxylation is 1. The molecule has 0 saturated carbocycles. The maximum absolute atomic E-state index is 10.2. The maximum atomic E-state index is 10.2. The highest BCUT2D eigenvalue weighted by atomic mass is 16.3. The Balaban J connectivity index is 2.61. The Hall–Kier alpha value is -2.42. The van der Waals surface area contributed by atoms with Gasteiger partial charge < -0.3 is 15.3 Å². The summed E-state index contributed by atoms with van der Waals surface area (Å²) >= 11 is 0. The van der Waals surface area contributed by atoms with Crippen LogP contribution >= 0.6 is 0 Å². The Morgan fingerprint density at radius 2 is 1.50 bits per heavy atom. The summed E-state index contributed by atoms with van der Waals surface area (Å²) in [5, 5.41) is 32.2. The van der Waals surface area contributed by atoms with Gasteiger partial charge in [-0.2, -0.15) is 0 Å². The largest absolute Gasteiger partial charge is 0.507 e. The maximum Gasteiger partial charge on any atom is 0.138 e. The van der Waals surface area contributed by atoms with Crippen molar-refractivity contribution >= 4 is 21.5 Å². The first kappa shape index (κ1) is 10.7. The Bertz CT molecular complexity index is 776. The molecule has 0 saturated heterocycles. The van der Waals surface area contributed by atoms with Gasteiger partial charge in [0.05, 0.1) is 10.8 Å². The summed E-state index contributed by atoms with van der Waals surface area (Å²) in [5.41, 5.74) is 0.916. The third kappa shape index (κ3) is 1.37. The number of fused-ring (bicyclic) bond motifs is 2. The Morgan fingerprint density at radius 3 is 2.28 bits per heavy atom. The van der Waals surface area contributed by atoms with Crippen LogP contribution in [0.1, 0.15) is 5.56 Å². The van der Waals surface area contributed by atoms with Gasteiger partial charge in [0.25, 0.3) is 0 Å². The number of benzene rings is 3. The minimum absolute atomic E-state index is 0.00637. The molecule has 0 spiro atoms. The summed E-state index contributed by atoms with van der Waals surface area (Å²) in [6.45, 7) is 1.88. The van der Waals surface area contributed by atoms with E-state index >= 15 is 0 Å². The van der Waals surface area contributed by atoms with E-state index in [1.54, 1.807) is 12.1 Å². The lowest BCUT2D eigenvalue weighted by Crippen LogP contribution is -1.82. The second kappa shape index (κ2) is 3.53. The molecule has 3 nitrogen and oxygen atoms in total. The fourth-order valence-electron chi connectivity index (χ4n) is 2.40. The van der Waals surface area contributed by atoms with E-state index in [0.29, 0.717) is 10.8 Å². The molecule has 3 rings (SSSR count). The van der Waals surface area contributed by atoms with E-state index in [1.807, 2.05) is 25.1 Å². The van der Waals surface area contributed by atoms with Crippen molar-refractivity contribution in [1.82, 2.24) is 0 Å². The van der Waals surface area contributed by atoms with Crippen LogP contribution < -0.4 is 0 Å². The van der Waals surface area contributed by atoms with Crippen molar-refractivity contribution in [3.05, 3.63) is 42.0 Å². The first-order valence-electron chi connectivity index (χ1n) is 5.65. The average Bonchev–Trinajstić information content (AvgIpc) is 2.27. The first-order valence-corrected chi connectivity index (χ1v) is 5.65. The van der Waals surface area contributed by atoms with Crippen molar-refractivity contribution in [2.75, 3.05) is 0 Å². The summed E-state index contributed by atoms with van der Waals surface area (Å²) in [6, 6.07) is 10.4. The standard InChI is InChI=1S/C15H12O3/c1-8-5-10-7-9-3-2-4-11(16)13(9)15(18)14(10)12(17)6-8/h2-7,16-18H,1H3. The van der Waals surface area contributed by atoms with Crippen LogP contribution in [0.5, 0.6) is 17.2 Å². The number of rotatable bonds is 0. The number of hydrogen-bond donors (Lipinski definition) is 3. The molecule has 3 aromatic rings. The molecule has 0 aliphatic rings. The van der Waals surface area contributed by atoms with Crippen molar-refractivity contribution in [3.63, 3.8) is 0 Å². The molecular formula is C15H12O3. The highest BCUT2D eigenvalue weighted by molar-refractivity contribution is 6.09. The number of aromatic hydroxyl groups is 3. The lowest BCUT2D eigenvalue weighted by molar-refractivity contribution is 0.459. The van der Waals surface area contributed by atoms with Crippen LogP contribution in [0.25, 0.3) is 21.5 Å². The second-order valence-corrected chi connectivity index (χ2v) is 4.48. The number of phenolic OH excluding ortho intramolecular Hbond substituents is 3. The topological polar surface area (TPSA) is 60.7 Å². The van der Waals surface area contributed by atoms with Gasteiger partial charge in [0.1, 0.15) is 17.2 Å². The minimum atomic E-state index is -0.0851. The van der Waals surface area contributed by atoms with Crippen molar-refractivity contribution < 1.29 is 15.3 Å². The van der Waals surface area contributed by atoms with Gasteiger partial charge in [0, 0.05) is 0 Å². The molecule has 3 aromatic carbocycles. The average molecular weight is 240 g/mol. The van der Waals surface area contributed by atoms with E-state index in [-0.39, 0.29) is 17.2 Å². The van der Waals surface area contributed by atoms with Crippen LogP contribution in [0.3, 0.4) is 0 Å². The zero-order chi connectivity index (χ0) is 12.9. The number of hydrogen-bond acceptors (Lipinski definition) is 3. The Kier molecular flexibility index (Phi) is 2.10. The Morgan fingerprint density at radius 1 is 0.778 bits per heavy atom. The lowest BCUT2D eigenvalue weighted by atomic mass is 9.99. The number of phenols is 3. The van der Waals surface area contributed by atoms with Crippen LogP contribution in [-0.2, 0) is 0 Å². The summed E-state index contributed by atoms with van der Waals surface area (Å²) < 4.78 is 0. The van der Waals surface area contributed by atoms with E-state index in [9.17, 15) is 15.3 Å². The quantitative estimate of drug-likeness (QED) is 0.528. The monoisotopic (exact) mass is 240 g/mol. The summed E-state index contributed by atoms with van der Waals surface area (Å²) in [7, 11) is 0. The van der Waals surface area contributed by atoms with Crippen molar-refractivity contribution in [2.45, 2.75) is 6.92 Å². The van der Waals surface area contributed by atoms with Gasteiger partial charge in [-0.15, -0.1) is 0 Å². The molecule has 0 fully saturated rings. The molecule has 0 radical (unpaired) electrons. The molecule has 3 N–H and O–H groups in total. The molecule has 0 bridgehead atoms. The SMILES string of the molecule is Cc1cc(O)c2c(O)c3c(O)cccc3cc2c1. The van der Waals surface area contributed by atoms with Gasteiger partial charge in [-0.25, -0.2) is 0 Å². The highest BCUT2D eigenvalue weighted by Crippen LogP contribution is 2.42. The summed E-state index contributed by atoms with van der Waals surface area (Å²) in [5.74, 6) is -0.0578. The van der Waals surface area contributed by atoms with E-state index < -0.39 is 0 Å². The second-order valence-electron chi connectivity index (χ2n) is 4.48. The van der Waals surface area contributed by atoms with Gasteiger partial charge >= 0.3 is 0 Å². The third-order valence-electron chi connectivity index (χ3n) is 3.15. The molecule has 0 heterocycles. The molecule has 0 aliphatic carbocycles. The predicted octanol–water partition coefficient (Wildman–Crippen LogP) is 3.42. The van der Waals surface area contributed by atoms with Crippen LogP contribution in [0.4, 0.5) is 0 Å². The molecule has 0 aromatic heterocycles. The van der Waals surface area contributed by atoms with Gasteiger partial charge in [0.15, 0.2) is 0 Å². The zero-order valence-electron chi connectivity index (χ0n) is 9.81. The van der Waals surface area contributed by atoms with Crippen LogP contribution in [-0.4, -0.2) is 15.3 Å². The summed E-state index contributed by atoms with van der Waals surface area (Å²) in [6.07, 6.45) is 0. The molecule has 90 valence electrons. The molecule has 0 aliphatic heterocycles. The molecule has 0 atom stereocenters. The van der Waals surface area contributed by atoms with E-state index in [0.717, 1.165) is 16.3 Å². The van der Waals surface area contributed by atoms with Gasteiger partial charge in [0.2, 0.25) is 0 Å². The van der Waals surface area contributed by atoms with Gasteiger partial charge in [-0.3, -0.25) is 0 Å². The lowest BCUT2D eigenvalue weighted by Gasteiger charge is -2.10. The molecule has 3 heteroatoms. The van der Waals surface area contributed by atoms with Crippen molar-refractivity contribution in [1.29, 1.82) is 0 Å². The van der Waals surface area contributed by atoms with E-state index in [2.05, 4.69) is 0 Å². The van der Waals surface area contributed by atoms with Gasteiger partial charge in [-0.1, -0.05) is 18.2 Å². The minimum Gasteiger partial charge on any atom is -0.507 e. The third-order valence-corrected chi connectivity index (χ3v) is 3.15. The molecule has 0 amide bonds. The van der Waals surface area contributed by atoms with E-state index in [4.69, 9.17) is 0 Å². The molecule has 18 heavy (non-hydrogen) atoms. The van der Waals surface area contributed by atoms with Crippen LogP contribution in [0.2, 0.25) is 0 Å². The van der Waals surface area contributed by atoms with Crippen LogP contribution in [0.15, 0.2) is 36.4 Å². The fraction of sp³-hybridized carbons (Fsp3) is 0.0667. The molecular weight excluding hydrogens is 228 g/mol. The summed E-state index contributed by atoms with van der Waals surface area (Å²) in [4.78, 5) is 0. The smallest absolute Gasteiger partial charge is 0.138 e. The highest BCUT2D eigenvalue weighted by Gasteiger charge is 2.13. The fourth-order valence-corrected chi connectivity index (χ4v) is 2.40. The normalized spacial score (nSPS) is 11.2. The van der Waals surface area contributed by atoms with Gasteiger partial charge in [-0.05, 0) is 41.5 Å². The first-order chi connectivity index (χ1) is 8.58. The van der Waals surface area contributed by atoms with Crippen molar-refractivity contribution in [3.8, 4) is 17.2 Å².